The molecule has 0 aliphatic rings. The molecule has 1 atom stereocenters. The number of carbonyl (C=O) groups is 2. The molecule has 116 valence electrons. The Morgan fingerprint density at radius 2 is 1.86 bits per heavy atom. The highest BCUT2D eigenvalue weighted by molar-refractivity contribution is 5.84. The predicted molar refractivity (Wildman–Crippen MR) is 74.5 cm³/mol. The summed E-state index contributed by atoms with van der Waals surface area (Å²) in [6.07, 6.45) is 0. The van der Waals surface area contributed by atoms with E-state index in [1.54, 1.807) is 24.3 Å². The minimum atomic E-state index is -1.17. The largest absolute Gasteiger partial charge is 0.490 e. The molecule has 1 aromatic carbocycles. The summed E-state index contributed by atoms with van der Waals surface area (Å²) in [5.41, 5.74) is 0. The maximum Gasteiger partial charge on any atom is 0.328 e. The highest BCUT2D eigenvalue weighted by Crippen LogP contribution is 2.26. The number of hydrogen-bond acceptors (Lipinski definition) is 5. The maximum atomic E-state index is 11.7. The van der Waals surface area contributed by atoms with Crippen LogP contribution in [0.1, 0.15) is 6.92 Å². The molecule has 0 saturated heterocycles. The molecule has 21 heavy (non-hydrogen) atoms. The summed E-state index contributed by atoms with van der Waals surface area (Å²) in [7, 11) is 1.36. The van der Waals surface area contributed by atoms with E-state index in [0.717, 1.165) is 0 Å². The second-order valence-electron chi connectivity index (χ2n) is 4.08. The SMILES string of the molecule is CCOc1ccccc1OCC(=O)NC(COC)C(=O)O. The van der Waals surface area contributed by atoms with Crippen molar-refractivity contribution in [2.45, 2.75) is 13.0 Å². The van der Waals surface area contributed by atoms with Crippen LogP contribution in [0.4, 0.5) is 0 Å². The molecule has 7 nitrogen and oxygen atoms in total. The minimum Gasteiger partial charge on any atom is -0.490 e. The van der Waals surface area contributed by atoms with E-state index in [4.69, 9.17) is 19.3 Å². The highest BCUT2D eigenvalue weighted by Gasteiger charge is 2.20. The number of rotatable bonds is 9. The van der Waals surface area contributed by atoms with Crippen molar-refractivity contribution >= 4 is 11.9 Å². The molecule has 0 saturated carbocycles. The van der Waals surface area contributed by atoms with Crippen LogP contribution in [0.2, 0.25) is 0 Å². The van der Waals surface area contributed by atoms with Crippen LogP contribution in [-0.2, 0) is 14.3 Å². The van der Waals surface area contributed by atoms with E-state index in [2.05, 4.69) is 5.32 Å². The van der Waals surface area contributed by atoms with Crippen molar-refractivity contribution in [2.75, 3.05) is 26.9 Å². The van der Waals surface area contributed by atoms with Crippen LogP contribution in [0.3, 0.4) is 0 Å². The number of carboxylic acid groups (broad SMARTS) is 1. The highest BCUT2D eigenvalue weighted by atomic mass is 16.5. The lowest BCUT2D eigenvalue weighted by Gasteiger charge is -2.15. The number of hydrogen-bond donors (Lipinski definition) is 2. The summed E-state index contributed by atoms with van der Waals surface area (Å²) < 4.78 is 15.4. The van der Waals surface area contributed by atoms with Crippen molar-refractivity contribution in [1.29, 1.82) is 0 Å². The maximum absolute atomic E-state index is 11.7. The monoisotopic (exact) mass is 297 g/mol. The Kier molecular flexibility index (Phi) is 7.03. The summed E-state index contributed by atoms with van der Waals surface area (Å²) in [4.78, 5) is 22.6. The van der Waals surface area contributed by atoms with Gasteiger partial charge in [0, 0.05) is 7.11 Å². The number of ether oxygens (including phenoxy) is 3. The molecule has 0 bridgehead atoms. The molecule has 7 heteroatoms. The molecule has 0 aliphatic carbocycles. The summed E-state index contributed by atoms with van der Waals surface area (Å²) in [5.74, 6) is -0.765. The number of methoxy groups -OCH3 is 1. The number of para-hydroxylation sites is 2. The van der Waals surface area contributed by atoms with Gasteiger partial charge in [-0.2, -0.15) is 0 Å². The zero-order valence-electron chi connectivity index (χ0n) is 12.0. The Hall–Kier alpha value is -2.28. The van der Waals surface area contributed by atoms with Crippen molar-refractivity contribution in [3.8, 4) is 11.5 Å². The van der Waals surface area contributed by atoms with Gasteiger partial charge in [0.15, 0.2) is 24.1 Å². The Bertz CT molecular complexity index is 476. The standard InChI is InChI=1S/C14H19NO6/c1-3-20-11-6-4-5-7-12(11)21-9-13(16)15-10(8-19-2)14(17)18/h4-7,10H,3,8-9H2,1-2H3,(H,15,16)(H,17,18). The normalized spacial score (nSPS) is 11.5. The van der Waals surface area contributed by atoms with Gasteiger partial charge in [-0.1, -0.05) is 12.1 Å². The molecular weight excluding hydrogens is 278 g/mol. The van der Waals surface area contributed by atoms with E-state index >= 15 is 0 Å². The summed E-state index contributed by atoms with van der Waals surface area (Å²) in [6.45, 7) is 1.89. The van der Waals surface area contributed by atoms with E-state index in [1.807, 2.05) is 6.92 Å². The fraction of sp³-hybridized carbons (Fsp3) is 0.429. The van der Waals surface area contributed by atoms with Crippen molar-refractivity contribution in [1.82, 2.24) is 5.32 Å². The molecular formula is C14H19NO6. The van der Waals surface area contributed by atoms with Gasteiger partial charge in [0.2, 0.25) is 0 Å². The third-order valence-electron chi connectivity index (χ3n) is 2.47. The van der Waals surface area contributed by atoms with Crippen LogP contribution in [0.5, 0.6) is 11.5 Å². The van der Waals surface area contributed by atoms with Crippen molar-refractivity contribution in [3.05, 3.63) is 24.3 Å². The zero-order valence-corrected chi connectivity index (χ0v) is 12.0. The number of amides is 1. The van der Waals surface area contributed by atoms with Gasteiger partial charge in [0.25, 0.3) is 5.91 Å². The van der Waals surface area contributed by atoms with E-state index in [9.17, 15) is 9.59 Å². The van der Waals surface area contributed by atoms with Gasteiger partial charge in [-0.05, 0) is 19.1 Å². The van der Waals surface area contributed by atoms with Crippen LogP contribution in [0.15, 0.2) is 24.3 Å². The number of carbonyl (C=O) groups excluding carboxylic acids is 1. The van der Waals surface area contributed by atoms with E-state index in [-0.39, 0.29) is 13.2 Å². The van der Waals surface area contributed by atoms with Gasteiger partial charge in [-0.15, -0.1) is 0 Å². The molecule has 1 unspecified atom stereocenters. The Morgan fingerprint density at radius 1 is 1.24 bits per heavy atom. The molecule has 1 rings (SSSR count). The number of nitrogens with one attached hydrogen (secondary N) is 1. The van der Waals surface area contributed by atoms with E-state index in [1.165, 1.54) is 7.11 Å². The smallest absolute Gasteiger partial charge is 0.328 e. The first kappa shape index (κ1) is 16.8. The fourth-order valence-electron chi connectivity index (χ4n) is 1.56. The topological polar surface area (TPSA) is 94.1 Å². The molecule has 0 fully saturated rings. The minimum absolute atomic E-state index is 0.114. The quantitative estimate of drug-likeness (QED) is 0.696. The lowest BCUT2D eigenvalue weighted by molar-refractivity contribution is -0.143. The molecule has 1 amide bonds. The second kappa shape index (κ2) is 8.80. The van der Waals surface area contributed by atoms with Gasteiger partial charge in [-0.3, -0.25) is 4.79 Å². The van der Waals surface area contributed by atoms with Crippen LogP contribution >= 0.6 is 0 Å². The molecule has 0 aliphatic heterocycles. The average molecular weight is 297 g/mol. The Morgan fingerprint density at radius 3 is 2.38 bits per heavy atom. The van der Waals surface area contributed by atoms with Crippen LogP contribution in [0, 0.1) is 0 Å². The number of benzene rings is 1. The van der Waals surface area contributed by atoms with Gasteiger partial charge in [-0.25, -0.2) is 4.79 Å². The van der Waals surface area contributed by atoms with Crippen LogP contribution in [0.25, 0.3) is 0 Å². The molecule has 0 heterocycles. The molecule has 1 aromatic rings. The van der Waals surface area contributed by atoms with E-state index in [0.29, 0.717) is 18.1 Å². The van der Waals surface area contributed by atoms with Gasteiger partial charge < -0.3 is 24.6 Å². The van der Waals surface area contributed by atoms with Gasteiger partial charge >= 0.3 is 5.97 Å². The molecule has 2 N–H and O–H groups in total. The van der Waals surface area contributed by atoms with Crippen LogP contribution in [-0.4, -0.2) is 50.0 Å². The first-order chi connectivity index (χ1) is 10.1. The summed E-state index contributed by atoms with van der Waals surface area (Å²) in [6, 6.07) is 5.83. The first-order valence-corrected chi connectivity index (χ1v) is 6.44. The lowest BCUT2D eigenvalue weighted by atomic mass is 10.3. The zero-order chi connectivity index (χ0) is 15.7. The van der Waals surface area contributed by atoms with Crippen molar-refractivity contribution < 1.29 is 28.9 Å². The Labute approximate surface area is 122 Å². The van der Waals surface area contributed by atoms with Gasteiger partial charge in [0.1, 0.15) is 0 Å². The molecule has 0 aromatic heterocycles. The van der Waals surface area contributed by atoms with Crippen LogP contribution < -0.4 is 14.8 Å². The third-order valence-corrected chi connectivity index (χ3v) is 2.47. The number of aliphatic carboxylic acids is 1. The van der Waals surface area contributed by atoms with Crippen molar-refractivity contribution in [2.24, 2.45) is 0 Å². The molecule has 0 radical (unpaired) electrons. The van der Waals surface area contributed by atoms with Crippen molar-refractivity contribution in [3.63, 3.8) is 0 Å². The summed E-state index contributed by atoms with van der Waals surface area (Å²) in [5, 5.41) is 11.2. The summed E-state index contributed by atoms with van der Waals surface area (Å²) >= 11 is 0. The average Bonchev–Trinajstić information content (AvgIpc) is 2.46. The second-order valence-corrected chi connectivity index (χ2v) is 4.08. The fourth-order valence-corrected chi connectivity index (χ4v) is 1.56. The third kappa shape index (κ3) is 5.70. The molecule has 0 spiro atoms. The first-order valence-electron chi connectivity index (χ1n) is 6.44. The number of carboxylic acids is 1. The predicted octanol–water partition coefficient (Wildman–Crippen LogP) is 0.680. The van der Waals surface area contributed by atoms with Gasteiger partial charge in [0.05, 0.1) is 13.2 Å². The van der Waals surface area contributed by atoms with E-state index < -0.39 is 17.9 Å². The lowest BCUT2D eigenvalue weighted by Crippen LogP contribution is -2.45. The Balaban J connectivity index is 2.54.